The van der Waals surface area contributed by atoms with E-state index in [-0.39, 0.29) is 6.61 Å². The molecule has 2 aromatic carbocycles. The van der Waals surface area contributed by atoms with Gasteiger partial charge in [0.1, 0.15) is 11.5 Å². The van der Waals surface area contributed by atoms with Crippen LogP contribution in [-0.4, -0.2) is 17.3 Å². The zero-order valence-electron chi connectivity index (χ0n) is 13.4. The lowest BCUT2D eigenvalue weighted by molar-refractivity contribution is 0.263. The minimum absolute atomic E-state index is 0.228. The van der Waals surface area contributed by atoms with Crippen LogP contribution in [0, 0.1) is 13.8 Å². The Hall–Kier alpha value is -2.82. The minimum atomic E-state index is 0.228. The Bertz CT molecular complexity index is 812. The van der Waals surface area contributed by atoms with Crippen LogP contribution in [0.25, 0.3) is 11.5 Å². The van der Waals surface area contributed by atoms with Crippen LogP contribution in [0.4, 0.5) is 0 Å². The topological polar surface area (TPSA) is 57.4 Å². The molecule has 0 spiro atoms. The number of hydrogen-bond donors (Lipinski definition) is 0. The first kappa shape index (κ1) is 15.1. The Kier molecular flexibility index (Phi) is 4.28. The Morgan fingerprint density at radius 3 is 2.61 bits per heavy atom. The largest absolute Gasteiger partial charge is 0.496 e. The van der Waals surface area contributed by atoms with Gasteiger partial charge in [-0.3, -0.25) is 0 Å². The second-order valence-corrected chi connectivity index (χ2v) is 5.26. The average Bonchev–Trinajstić information content (AvgIpc) is 3.03. The van der Waals surface area contributed by atoms with Crippen molar-refractivity contribution in [2.24, 2.45) is 0 Å². The van der Waals surface area contributed by atoms with E-state index in [0.717, 1.165) is 16.9 Å². The normalized spacial score (nSPS) is 10.6. The third-order valence-electron chi connectivity index (χ3n) is 3.49. The number of ether oxygens (including phenoxy) is 2. The molecule has 0 fully saturated rings. The Morgan fingerprint density at radius 2 is 1.83 bits per heavy atom. The molecule has 0 aliphatic heterocycles. The fraction of sp³-hybridized carbons (Fsp3) is 0.222. The van der Waals surface area contributed by atoms with Gasteiger partial charge < -0.3 is 13.9 Å². The Balaban J connectivity index is 1.75. The fourth-order valence-electron chi connectivity index (χ4n) is 2.34. The average molecular weight is 310 g/mol. The number of nitrogens with zero attached hydrogens (tertiary/aromatic N) is 2. The second kappa shape index (κ2) is 6.52. The number of rotatable bonds is 5. The van der Waals surface area contributed by atoms with E-state index >= 15 is 0 Å². The summed E-state index contributed by atoms with van der Waals surface area (Å²) >= 11 is 0. The molecule has 0 saturated heterocycles. The quantitative estimate of drug-likeness (QED) is 0.714. The fourth-order valence-corrected chi connectivity index (χ4v) is 2.34. The highest BCUT2D eigenvalue weighted by Gasteiger charge is 2.13. The van der Waals surface area contributed by atoms with Crippen LogP contribution in [0.5, 0.6) is 11.5 Å². The van der Waals surface area contributed by atoms with E-state index in [0.29, 0.717) is 17.5 Å². The van der Waals surface area contributed by atoms with Gasteiger partial charge in [0.05, 0.1) is 12.7 Å². The van der Waals surface area contributed by atoms with E-state index in [4.69, 9.17) is 13.9 Å². The van der Waals surface area contributed by atoms with Crippen LogP contribution < -0.4 is 9.47 Å². The van der Waals surface area contributed by atoms with Gasteiger partial charge in [-0.05, 0) is 37.6 Å². The van der Waals surface area contributed by atoms with Crippen LogP contribution >= 0.6 is 0 Å². The molecule has 0 N–H and O–H groups in total. The summed E-state index contributed by atoms with van der Waals surface area (Å²) in [7, 11) is 1.61. The highest BCUT2D eigenvalue weighted by Crippen LogP contribution is 2.28. The van der Waals surface area contributed by atoms with Gasteiger partial charge >= 0.3 is 0 Å². The molecule has 5 heteroatoms. The molecule has 23 heavy (non-hydrogen) atoms. The van der Waals surface area contributed by atoms with Gasteiger partial charge in [-0.1, -0.05) is 29.8 Å². The third-order valence-corrected chi connectivity index (χ3v) is 3.49. The summed E-state index contributed by atoms with van der Waals surface area (Å²) in [5.74, 6) is 2.35. The smallest absolute Gasteiger partial charge is 0.254 e. The molecule has 0 unspecified atom stereocenters. The molecule has 0 aliphatic rings. The van der Waals surface area contributed by atoms with Crippen LogP contribution in [0.1, 0.15) is 17.0 Å². The van der Waals surface area contributed by atoms with Crippen LogP contribution in [0.2, 0.25) is 0 Å². The molecule has 3 aromatic rings. The zero-order valence-corrected chi connectivity index (χ0v) is 13.4. The number of aryl methyl sites for hydroxylation is 2. The molecule has 118 valence electrons. The van der Waals surface area contributed by atoms with Crippen LogP contribution in [0.3, 0.4) is 0 Å². The highest BCUT2D eigenvalue weighted by atomic mass is 16.5. The third kappa shape index (κ3) is 3.34. The number of aromatic nitrogens is 2. The van der Waals surface area contributed by atoms with Crippen molar-refractivity contribution >= 4 is 0 Å². The van der Waals surface area contributed by atoms with Gasteiger partial charge in [-0.2, -0.15) is 0 Å². The molecule has 0 amide bonds. The molecule has 0 saturated carbocycles. The first-order chi connectivity index (χ1) is 11.2. The molecule has 0 atom stereocenters. The Labute approximate surface area is 134 Å². The maximum atomic E-state index is 5.76. The summed E-state index contributed by atoms with van der Waals surface area (Å²) in [6, 6.07) is 13.5. The summed E-state index contributed by atoms with van der Waals surface area (Å²) in [6.07, 6.45) is 0. The summed E-state index contributed by atoms with van der Waals surface area (Å²) in [5.41, 5.74) is 3.04. The van der Waals surface area contributed by atoms with Crippen molar-refractivity contribution in [1.29, 1.82) is 0 Å². The number of methoxy groups -OCH3 is 1. The standard InChI is InChI=1S/C18H18N2O3/c1-12-8-9-15(13(2)10-12)22-11-17-19-20-18(23-17)14-6-4-5-7-16(14)21-3/h4-10H,11H2,1-3H3. The number of hydrogen-bond acceptors (Lipinski definition) is 5. The summed E-state index contributed by atoms with van der Waals surface area (Å²) in [4.78, 5) is 0. The van der Waals surface area contributed by atoms with Crippen molar-refractivity contribution in [3.63, 3.8) is 0 Å². The predicted molar refractivity (Wildman–Crippen MR) is 86.5 cm³/mol. The zero-order chi connectivity index (χ0) is 16.2. The second-order valence-electron chi connectivity index (χ2n) is 5.26. The molecule has 0 aliphatic carbocycles. The van der Waals surface area contributed by atoms with Crippen LogP contribution in [-0.2, 0) is 6.61 Å². The number of para-hydroxylation sites is 1. The maximum absolute atomic E-state index is 5.76. The van der Waals surface area contributed by atoms with Crippen molar-refractivity contribution in [1.82, 2.24) is 10.2 Å². The first-order valence-electron chi connectivity index (χ1n) is 7.33. The van der Waals surface area contributed by atoms with E-state index in [2.05, 4.69) is 16.3 Å². The SMILES string of the molecule is COc1ccccc1-c1nnc(COc2ccc(C)cc2C)o1. The van der Waals surface area contributed by atoms with Crippen LogP contribution in [0.15, 0.2) is 46.9 Å². The summed E-state index contributed by atoms with van der Waals surface area (Å²) in [5, 5.41) is 8.10. The van der Waals surface area contributed by atoms with Gasteiger partial charge in [-0.25, -0.2) is 0 Å². The van der Waals surface area contributed by atoms with Crippen molar-refractivity contribution in [3.05, 3.63) is 59.5 Å². The predicted octanol–water partition coefficient (Wildman–Crippen LogP) is 3.94. The van der Waals surface area contributed by atoms with Gasteiger partial charge in [0.15, 0.2) is 6.61 Å². The Morgan fingerprint density at radius 1 is 1.00 bits per heavy atom. The van der Waals surface area contributed by atoms with Gasteiger partial charge in [0.25, 0.3) is 11.8 Å². The molecule has 0 radical (unpaired) electrons. The van der Waals surface area contributed by atoms with E-state index in [9.17, 15) is 0 Å². The first-order valence-corrected chi connectivity index (χ1v) is 7.33. The van der Waals surface area contributed by atoms with E-state index in [1.807, 2.05) is 50.2 Å². The summed E-state index contributed by atoms with van der Waals surface area (Å²) < 4.78 is 16.7. The molecule has 1 aromatic heterocycles. The van der Waals surface area contributed by atoms with Gasteiger partial charge in [0, 0.05) is 0 Å². The van der Waals surface area contributed by atoms with Crippen molar-refractivity contribution in [3.8, 4) is 23.0 Å². The highest BCUT2D eigenvalue weighted by molar-refractivity contribution is 5.62. The molecular formula is C18H18N2O3. The maximum Gasteiger partial charge on any atom is 0.254 e. The van der Waals surface area contributed by atoms with Crippen molar-refractivity contribution in [2.45, 2.75) is 20.5 Å². The molecule has 5 nitrogen and oxygen atoms in total. The lowest BCUT2D eigenvalue weighted by atomic mass is 10.1. The van der Waals surface area contributed by atoms with E-state index in [1.165, 1.54) is 5.56 Å². The lowest BCUT2D eigenvalue weighted by Gasteiger charge is -2.07. The molecular weight excluding hydrogens is 292 g/mol. The minimum Gasteiger partial charge on any atom is -0.496 e. The van der Waals surface area contributed by atoms with Crippen molar-refractivity contribution < 1.29 is 13.9 Å². The number of benzene rings is 2. The lowest BCUT2D eigenvalue weighted by Crippen LogP contribution is -1.97. The molecule has 0 bridgehead atoms. The van der Waals surface area contributed by atoms with Gasteiger partial charge in [0.2, 0.25) is 0 Å². The van der Waals surface area contributed by atoms with E-state index in [1.54, 1.807) is 7.11 Å². The molecule has 3 rings (SSSR count). The summed E-state index contributed by atoms with van der Waals surface area (Å²) in [6.45, 7) is 4.29. The van der Waals surface area contributed by atoms with Gasteiger partial charge in [-0.15, -0.1) is 10.2 Å². The van der Waals surface area contributed by atoms with E-state index < -0.39 is 0 Å². The monoisotopic (exact) mass is 310 g/mol. The van der Waals surface area contributed by atoms with Crippen molar-refractivity contribution in [2.75, 3.05) is 7.11 Å². The molecule has 1 heterocycles.